The molecule has 0 bridgehead atoms. The third-order valence-electron chi connectivity index (χ3n) is 5.56. The Labute approximate surface area is 201 Å². The van der Waals surface area contributed by atoms with Crippen LogP contribution in [-0.2, 0) is 23.2 Å². The summed E-state index contributed by atoms with van der Waals surface area (Å²) < 4.78 is 5.94. The fourth-order valence-corrected chi connectivity index (χ4v) is 3.92. The van der Waals surface area contributed by atoms with Crippen LogP contribution in [-0.4, -0.2) is 45.1 Å². The number of benzene rings is 2. The highest BCUT2D eigenvalue weighted by atomic mass is 32.1. The minimum Gasteiger partial charge on any atom is -0.539 e. The largest absolute Gasteiger partial charge is 0.539 e. The van der Waals surface area contributed by atoms with E-state index < -0.39 is 12.0 Å². The molecule has 1 aliphatic heterocycles. The van der Waals surface area contributed by atoms with Crippen molar-refractivity contribution in [3.8, 4) is 5.95 Å². The quantitative estimate of drug-likeness (QED) is 0.314. The lowest BCUT2D eigenvalue weighted by Crippen LogP contribution is -2.42. The highest BCUT2D eigenvalue weighted by Crippen LogP contribution is 2.24. The number of carbonyl (C=O) groups is 2. The van der Waals surface area contributed by atoms with Crippen molar-refractivity contribution in [1.29, 1.82) is 0 Å². The van der Waals surface area contributed by atoms with Gasteiger partial charge < -0.3 is 19.8 Å². The van der Waals surface area contributed by atoms with Gasteiger partial charge in [0, 0.05) is 12.7 Å². The molecule has 1 atom stereocenters. The van der Waals surface area contributed by atoms with Gasteiger partial charge >= 0.3 is 0 Å². The number of aryl methyl sites for hydroxylation is 1. The predicted molar refractivity (Wildman–Crippen MR) is 127 cm³/mol. The number of hydrogen-bond donors (Lipinski definition) is 1. The van der Waals surface area contributed by atoms with Crippen LogP contribution in [0.5, 0.6) is 5.95 Å². The molecule has 1 aromatic heterocycles. The summed E-state index contributed by atoms with van der Waals surface area (Å²) in [5.41, 5.74) is 2.93. The van der Waals surface area contributed by atoms with Gasteiger partial charge in [-0.25, -0.2) is 0 Å². The van der Waals surface area contributed by atoms with Crippen LogP contribution in [0.15, 0.2) is 59.1 Å². The summed E-state index contributed by atoms with van der Waals surface area (Å²) in [4.78, 5) is 28.3. The molecule has 0 radical (unpaired) electrons. The molecule has 4 rings (SSSR count). The zero-order valence-electron chi connectivity index (χ0n) is 18.7. The van der Waals surface area contributed by atoms with Crippen molar-refractivity contribution in [1.82, 2.24) is 15.1 Å². The number of likely N-dealkylation sites (N-methyl/N-ethyl adjacent to an activating group) is 1. The van der Waals surface area contributed by atoms with Gasteiger partial charge in [-0.1, -0.05) is 59.3 Å². The lowest BCUT2D eigenvalue weighted by molar-refractivity contribution is -0.746. The number of amides is 2. The second-order valence-electron chi connectivity index (χ2n) is 7.87. The number of thiocarbonyl (C=S) groups is 1. The van der Waals surface area contributed by atoms with Crippen LogP contribution in [0.4, 0.5) is 5.69 Å². The monoisotopic (exact) mass is 477 g/mol. The third kappa shape index (κ3) is 4.96. The molecule has 10 heteroatoms. The van der Waals surface area contributed by atoms with Crippen molar-refractivity contribution < 1.29 is 23.9 Å². The average molecular weight is 478 g/mol. The van der Waals surface area contributed by atoms with Gasteiger partial charge in [-0.15, -0.1) is 0 Å². The maximum atomic E-state index is 12.7. The Balaban J connectivity index is 1.41. The van der Waals surface area contributed by atoms with E-state index in [0.29, 0.717) is 5.69 Å². The summed E-state index contributed by atoms with van der Waals surface area (Å²) in [6.45, 7) is 0.00807. The van der Waals surface area contributed by atoms with Gasteiger partial charge in [-0.3, -0.25) is 14.5 Å². The molecule has 2 aromatic carbocycles. The summed E-state index contributed by atoms with van der Waals surface area (Å²) >= 11 is 5.36. The zero-order chi connectivity index (χ0) is 24.2. The summed E-state index contributed by atoms with van der Waals surface area (Å²) in [6, 6.07) is 16.5. The van der Waals surface area contributed by atoms with Gasteiger partial charge in [0.1, 0.15) is 12.6 Å². The van der Waals surface area contributed by atoms with E-state index in [0.717, 1.165) is 11.1 Å². The zero-order valence-corrected chi connectivity index (χ0v) is 19.5. The Morgan fingerprint density at radius 1 is 1.18 bits per heavy atom. The van der Waals surface area contributed by atoms with Crippen molar-refractivity contribution in [2.45, 2.75) is 19.0 Å². The summed E-state index contributed by atoms with van der Waals surface area (Å²) in [5.74, 6) is -1.27. The Kier molecular flexibility index (Phi) is 6.69. The molecule has 0 aliphatic carbocycles. The lowest BCUT2D eigenvalue weighted by Gasteiger charge is -2.21. The first kappa shape index (κ1) is 23.1. The van der Waals surface area contributed by atoms with Gasteiger partial charge in [-0.05, 0) is 35.5 Å². The minimum absolute atomic E-state index is 0.00807. The normalized spacial score (nSPS) is 16.0. The number of hydrogen-bond acceptors (Lipinski definition) is 6. The van der Waals surface area contributed by atoms with E-state index in [1.54, 1.807) is 31.1 Å². The van der Waals surface area contributed by atoms with Crippen LogP contribution >= 0.6 is 12.2 Å². The molecule has 3 aromatic rings. The molecule has 34 heavy (non-hydrogen) atoms. The van der Waals surface area contributed by atoms with E-state index >= 15 is 0 Å². The van der Waals surface area contributed by atoms with E-state index in [1.165, 1.54) is 9.58 Å². The van der Waals surface area contributed by atoms with Gasteiger partial charge in [0.15, 0.2) is 18.1 Å². The number of nitrogens with one attached hydrogen (secondary N) is 1. The molecule has 9 nitrogen and oxygen atoms in total. The summed E-state index contributed by atoms with van der Waals surface area (Å²) in [5, 5.41) is 18.6. The summed E-state index contributed by atoms with van der Waals surface area (Å²) in [6.07, 6.45) is 3.88. The van der Waals surface area contributed by atoms with Crippen molar-refractivity contribution in [2.24, 2.45) is 7.05 Å². The van der Waals surface area contributed by atoms with E-state index in [1.807, 2.05) is 54.6 Å². The van der Waals surface area contributed by atoms with E-state index in [4.69, 9.17) is 12.2 Å². The minimum atomic E-state index is -0.833. The van der Waals surface area contributed by atoms with Gasteiger partial charge in [0.25, 0.3) is 11.6 Å². The first-order chi connectivity index (χ1) is 16.3. The Hall–Kier alpha value is -4.05. The van der Waals surface area contributed by atoms with Gasteiger partial charge in [-0.2, -0.15) is 0 Å². The Morgan fingerprint density at radius 2 is 1.82 bits per heavy atom. The fourth-order valence-electron chi connectivity index (χ4n) is 3.63. The number of carbonyl (C=O) groups excluding carboxylic acids is 2. The lowest BCUT2D eigenvalue weighted by atomic mass is 10.1. The predicted octanol–water partition coefficient (Wildman–Crippen LogP) is 1.70. The van der Waals surface area contributed by atoms with Crippen molar-refractivity contribution >= 4 is 47.0 Å². The highest BCUT2D eigenvalue weighted by molar-refractivity contribution is 7.80. The molecule has 1 N–H and O–H groups in total. The Bertz CT molecular complexity index is 1220. The molecule has 2 amide bonds. The van der Waals surface area contributed by atoms with Gasteiger partial charge in [0.05, 0.1) is 11.7 Å². The first-order valence-corrected chi connectivity index (χ1v) is 11.0. The molecule has 1 fully saturated rings. The van der Waals surface area contributed by atoms with Crippen LogP contribution < -0.4 is 15.1 Å². The summed E-state index contributed by atoms with van der Waals surface area (Å²) in [7, 11) is 3.11. The maximum absolute atomic E-state index is 12.7. The Morgan fingerprint density at radius 3 is 2.44 bits per heavy atom. The maximum Gasteiger partial charge on any atom is 0.252 e. The molecular formula is C24H23N5O4S. The SMILES string of the molecule is CN1C(=O)C(CC(=O)Nc2ccc(/C=C/c3ccccc3)cc2)N(Cc2c([O-])on[n+]2C)C1=S. The second kappa shape index (κ2) is 9.84. The molecular weight excluding hydrogens is 454 g/mol. The van der Waals surface area contributed by atoms with Crippen LogP contribution in [0.1, 0.15) is 23.2 Å². The molecule has 2 heterocycles. The van der Waals surface area contributed by atoms with Crippen LogP contribution in [0, 0.1) is 0 Å². The molecule has 0 spiro atoms. The average Bonchev–Trinajstić information content (AvgIpc) is 3.25. The first-order valence-electron chi connectivity index (χ1n) is 10.6. The molecule has 1 saturated heterocycles. The van der Waals surface area contributed by atoms with Crippen LogP contribution in [0.2, 0.25) is 0 Å². The van der Waals surface area contributed by atoms with Crippen molar-refractivity contribution in [2.75, 3.05) is 12.4 Å². The standard InChI is InChI=1S/C24H23N5O4S/c1-27-22(31)19(29(24(27)34)15-20-23(32)33-26-28(20)2)14-21(30)25-18-12-10-17(11-13-18)9-8-16-6-4-3-5-7-16/h3-13,19H,14-15H2,1-2H3,(H-,25,26,30,32)/b9-8+. The van der Waals surface area contributed by atoms with E-state index in [9.17, 15) is 14.7 Å². The van der Waals surface area contributed by atoms with E-state index in [-0.39, 0.29) is 35.6 Å². The molecule has 1 unspecified atom stereocenters. The van der Waals surface area contributed by atoms with Crippen LogP contribution in [0.3, 0.4) is 0 Å². The second-order valence-corrected chi connectivity index (χ2v) is 8.24. The number of anilines is 1. The fraction of sp³-hybridized carbons (Fsp3) is 0.208. The number of aromatic nitrogens is 2. The number of nitrogens with zero attached hydrogens (tertiary/aromatic N) is 4. The number of rotatable bonds is 7. The highest BCUT2D eigenvalue weighted by Gasteiger charge is 2.43. The van der Waals surface area contributed by atoms with Crippen molar-refractivity contribution in [3.63, 3.8) is 0 Å². The van der Waals surface area contributed by atoms with E-state index in [2.05, 4.69) is 15.1 Å². The third-order valence-corrected chi connectivity index (χ3v) is 6.07. The molecule has 174 valence electrons. The van der Waals surface area contributed by atoms with Gasteiger partial charge in [0.2, 0.25) is 5.91 Å². The smallest absolute Gasteiger partial charge is 0.252 e. The molecule has 0 saturated carbocycles. The topological polar surface area (TPSA) is 106 Å². The van der Waals surface area contributed by atoms with Crippen molar-refractivity contribution in [3.05, 3.63) is 71.4 Å². The van der Waals surface area contributed by atoms with Crippen LogP contribution in [0.25, 0.3) is 12.2 Å². The molecule has 1 aliphatic rings.